The van der Waals surface area contributed by atoms with E-state index in [1.165, 1.54) is 0 Å². The lowest BCUT2D eigenvalue weighted by Gasteiger charge is -2.14. The van der Waals surface area contributed by atoms with Crippen LogP contribution in [-0.2, 0) is 0 Å². The molecule has 0 aromatic heterocycles. The summed E-state index contributed by atoms with van der Waals surface area (Å²) in [5.74, 6) is 29.4. The summed E-state index contributed by atoms with van der Waals surface area (Å²) < 4.78 is 33.8. The van der Waals surface area contributed by atoms with Crippen LogP contribution >= 0.6 is 0 Å². The van der Waals surface area contributed by atoms with Crippen LogP contribution in [-0.4, -0.2) is 32.2 Å². The fourth-order valence-corrected chi connectivity index (χ4v) is 8.72. The van der Waals surface area contributed by atoms with Crippen LogP contribution in [0.25, 0.3) is 11.1 Å². The molecule has 7 rings (SSSR count). The Hall–Kier alpha value is -8.08. The van der Waals surface area contributed by atoms with Gasteiger partial charge in [-0.1, -0.05) is 170 Å². The zero-order chi connectivity index (χ0) is 54.0. The molecule has 0 atom stereocenters. The second-order valence-corrected chi connectivity index (χ2v) is 19.2. The Balaban J connectivity index is 1.22. The molecule has 0 aliphatic heterocycles. The van der Waals surface area contributed by atoms with Crippen molar-refractivity contribution in [1.82, 2.24) is 0 Å². The molecule has 0 fully saturated rings. The van der Waals surface area contributed by atoms with Crippen LogP contribution in [0, 0.1) is 58.7 Å². The average molecular weight is 1010 g/mol. The molecule has 76 heavy (non-hydrogen) atoms. The van der Waals surface area contributed by atoms with Gasteiger partial charge >= 0.3 is 0 Å². The van der Waals surface area contributed by atoms with Gasteiger partial charge in [0, 0.05) is 57.6 Å². The summed E-state index contributed by atoms with van der Waals surface area (Å²) in [5.41, 5.74) is 9.39. The van der Waals surface area contributed by atoms with Gasteiger partial charge in [0.15, 0.2) is 5.78 Å². The number of ether oxygens (including phenoxy) is 4. The van der Waals surface area contributed by atoms with Crippen LogP contribution in [0.4, 0.5) is 0 Å². The highest BCUT2D eigenvalue weighted by molar-refractivity contribution is 6.21. The Morgan fingerprint density at radius 1 is 0.368 bits per heavy atom. The molecule has 6 aromatic rings. The summed E-state index contributed by atoms with van der Waals surface area (Å²) >= 11 is 0. The zero-order valence-corrected chi connectivity index (χ0v) is 45.0. The van der Waals surface area contributed by atoms with E-state index in [4.69, 9.17) is 20.3 Å². The van der Waals surface area contributed by atoms with Gasteiger partial charge in [-0.3, -0.25) is 4.79 Å². The Labute approximate surface area is 455 Å². The van der Waals surface area contributed by atoms with Crippen molar-refractivity contribution in [3.05, 3.63) is 176 Å². The van der Waals surface area contributed by atoms with Crippen molar-refractivity contribution in [1.29, 1.82) is 5.26 Å². The third-order valence-electron chi connectivity index (χ3n) is 13.1. The average Bonchev–Trinajstić information content (AvgIpc) is 3.74. The Morgan fingerprint density at radius 3 is 1.03 bits per heavy atom. The van der Waals surface area contributed by atoms with E-state index in [2.05, 4.69) is 81.1 Å². The maximum atomic E-state index is 13.9. The number of benzene rings is 6. The van der Waals surface area contributed by atoms with E-state index in [9.17, 15) is 10.1 Å². The first-order valence-electron chi connectivity index (χ1n) is 28.2. The van der Waals surface area contributed by atoms with Crippen molar-refractivity contribution in [2.24, 2.45) is 0 Å². The molecular formula is C70H71NO5. The normalized spacial score (nSPS) is 10.9. The van der Waals surface area contributed by atoms with Gasteiger partial charge in [-0.2, -0.15) is 5.26 Å². The van der Waals surface area contributed by atoms with Gasteiger partial charge in [0.1, 0.15) is 23.0 Å². The van der Waals surface area contributed by atoms with Crippen molar-refractivity contribution >= 4 is 5.78 Å². The summed E-state index contributed by atoms with van der Waals surface area (Å²) in [6.45, 7) is 11.0. The summed E-state index contributed by atoms with van der Waals surface area (Å²) in [4.78, 5) is 13.9. The van der Waals surface area contributed by atoms with Crippen LogP contribution < -0.4 is 18.9 Å². The second-order valence-electron chi connectivity index (χ2n) is 19.2. The SMILES string of the molecule is [2H]c1ccc(C#Cc2cc(OCCCCCC)c(C#Cc3ccc4c(c3)-c3cc(C#Cc5cc(OCCCCCC)c(C#Cc6ccc(C#N)cc6)cc5OCCCCCC)ccc3C4=O)cc2OCCCCCC)cc1. The highest BCUT2D eigenvalue weighted by Gasteiger charge is 2.27. The third kappa shape index (κ3) is 16.5. The van der Waals surface area contributed by atoms with Gasteiger partial charge in [-0.25, -0.2) is 0 Å². The zero-order valence-electron chi connectivity index (χ0n) is 46.0. The molecule has 6 nitrogen and oxygen atoms in total. The van der Waals surface area contributed by atoms with E-state index in [0.717, 1.165) is 142 Å². The number of hydrogen-bond donors (Lipinski definition) is 0. The molecule has 0 unspecified atom stereocenters. The smallest absolute Gasteiger partial charge is 0.194 e. The number of nitriles is 1. The predicted octanol–water partition coefficient (Wildman–Crippen LogP) is 16.2. The van der Waals surface area contributed by atoms with Gasteiger partial charge in [-0.15, -0.1) is 0 Å². The number of unbranched alkanes of at least 4 members (excludes halogenated alkanes) is 12. The molecule has 0 bridgehead atoms. The van der Waals surface area contributed by atoms with Gasteiger partial charge in [0.05, 0.1) is 61.7 Å². The highest BCUT2D eigenvalue weighted by Crippen LogP contribution is 2.38. The van der Waals surface area contributed by atoms with Gasteiger partial charge in [0.2, 0.25) is 0 Å². The first kappa shape index (κ1) is 54.2. The van der Waals surface area contributed by atoms with E-state index in [1.54, 1.807) is 24.3 Å². The predicted molar refractivity (Wildman–Crippen MR) is 308 cm³/mol. The molecular weight excluding hydrogens is 935 g/mol. The van der Waals surface area contributed by atoms with E-state index in [1.807, 2.05) is 84.9 Å². The fraction of sp³-hybridized carbons (Fsp3) is 0.343. The van der Waals surface area contributed by atoms with Crippen LogP contribution in [0.5, 0.6) is 23.0 Å². The van der Waals surface area contributed by atoms with E-state index in [-0.39, 0.29) is 5.78 Å². The van der Waals surface area contributed by atoms with Gasteiger partial charge in [-0.05, 0) is 110 Å². The number of rotatable bonds is 24. The van der Waals surface area contributed by atoms with E-state index < -0.39 is 0 Å². The van der Waals surface area contributed by atoms with Gasteiger partial charge in [0.25, 0.3) is 0 Å². The second kappa shape index (κ2) is 30.3. The van der Waals surface area contributed by atoms with Crippen molar-refractivity contribution in [3.8, 4) is 87.6 Å². The molecule has 0 saturated heterocycles. The molecule has 0 amide bonds. The number of hydrogen-bond acceptors (Lipinski definition) is 6. The molecule has 6 aromatic carbocycles. The van der Waals surface area contributed by atoms with Crippen LogP contribution in [0.1, 0.15) is 198 Å². The summed E-state index contributed by atoms with van der Waals surface area (Å²) in [7, 11) is 0. The number of fused-ring (bicyclic) bond motifs is 3. The van der Waals surface area contributed by atoms with E-state index in [0.29, 0.717) is 88.8 Å². The molecule has 6 heteroatoms. The lowest BCUT2D eigenvalue weighted by Crippen LogP contribution is -2.03. The minimum Gasteiger partial charge on any atom is -0.492 e. The van der Waals surface area contributed by atoms with Crippen molar-refractivity contribution < 1.29 is 25.1 Å². The highest BCUT2D eigenvalue weighted by atomic mass is 16.5. The third-order valence-corrected chi connectivity index (χ3v) is 13.1. The van der Waals surface area contributed by atoms with Crippen molar-refractivity contribution in [3.63, 3.8) is 0 Å². The number of carbonyl (C=O) groups excluding carboxylic acids is 1. The van der Waals surface area contributed by atoms with Gasteiger partial charge < -0.3 is 18.9 Å². The molecule has 0 N–H and O–H groups in total. The Kier molecular flexibility index (Phi) is 21.6. The molecule has 1 aliphatic rings. The van der Waals surface area contributed by atoms with E-state index >= 15 is 0 Å². The molecule has 386 valence electrons. The monoisotopic (exact) mass is 1010 g/mol. The summed E-state index contributed by atoms with van der Waals surface area (Å²) in [6, 6.07) is 36.3. The molecule has 1 aliphatic carbocycles. The number of carbonyl (C=O) groups is 1. The van der Waals surface area contributed by atoms with Crippen molar-refractivity contribution in [2.45, 2.75) is 130 Å². The van der Waals surface area contributed by atoms with Crippen LogP contribution in [0.15, 0.2) is 115 Å². The summed E-state index contributed by atoms with van der Waals surface area (Å²) in [6.07, 6.45) is 17.1. The first-order valence-corrected chi connectivity index (χ1v) is 27.7. The van der Waals surface area contributed by atoms with Crippen molar-refractivity contribution in [2.75, 3.05) is 26.4 Å². The largest absolute Gasteiger partial charge is 0.492 e. The van der Waals surface area contributed by atoms with Crippen LogP contribution in [0.3, 0.4) is 0 Å². The quantitative estimate of drug-likeness (QED) is 0.0443. The number of nitrogens with zero attached hydrogens (tertiary/aromatic N) is 1. The topological polar surface area (TPSA) is 77.8 Å². The maximum Gasteiger partial charge on any atom is 0.194 e. The first-order chi connectivity index (χ1) is 37.8. The molecule has 0 saturated carbocycles. The summed E-state index contributed by atoms with van der Waals surface area (Å²) in [5, 5.41) is 9.32. The fourth-order valence-electron chi connectivity index (χ4n) is 8.72. The van der Waals surface area contributed by atoms with Crippen LogP contribution in [0.2, 0.25) is 0 Å². The Bertz CT molecular complexity index is 3260. The Morgan fingerprint density at radius 2 is 0.684 bits per heavy atom. The molecule has 0 heterocycles. The lowest BCUT2D eigenvalue weighted by molar-refractivity contribution is 0.104. The molecule has 0 spiro atoms. The maximum absolute atomic E-state index is 13.9. The molecule has 0 radical (unpaired) electrons. The number of ketones is 1. The lowest BCUT2D eigenvalue weighted by atomic mass is 10.0. The minimum absolute atomic E-state index is 0.0296. The standard InChI is InChI=1S/C70H71NO5/c1-5-9-13-20-42-73-66-50-60(68(75-44-22-15-11-7-3)48-58(66)36-30-53-24-18-17-19-25-53)38-32-55-34-40-62-64(46-55)65-47-56(35-41-63(65)70(62)72)33-39-61-51-67(74-43-21-14-10-6-2)59(49-69(61)76-45-23-16-12-8-4)37-31-54-26-28-57(52-71)29-27-54/h17-19,24-29,34-35,40-41,46-51H,5-16,20-23,42-45H2,1-4H3/i17D. The minimum atomic E-state index is -0.0296.